The second-order valence-corrected chi connectivity index (χ2v) is 3.24. The minimum atomic E-state index is 0.499. The van der Waals surface area contributed by atoms with Gasteiger partial charge in [-0.1, -0.05) is 23.4 Å². The van der Waals surface area contributed by atoms with Crippen LogP contribution in [0.5, 0.6) is 0 Å². The second-order valence-electron chi connectivity index (χ2n) is 3.24. The van der Waals surface area contributed by atoms with E-state index in [0.29, 0.717) is 11.5 Å². The van der Waals surface area contributed by atoms with E-state index < -0.39 is 0 Å². The van der Waals surface area contributed by atoms with Gasteiger partial charge in [-0.2, -0.15) is 0 Å². The molecule has 0 spiro atoms. The molecular weight excluding hydrogens is 178 g/mol. The summed E-state index contributed by atoms with van der Waals surface area (Å²) >= 11 is 0. The monoisotopic (exact) mass is 189 g/mol. The molecule has 0 amide bonds. The average molecular weight is 189 g/mol. The summed E-state index contributed by atoms with van der Waals surface area (Å²) in [5.74, 6) is 0.647. The van der Waals surface area contributed by atoms with E-state index in [0.717, 1.165) is 16.5 Å². The molecule has 0 saturated heterocycles. The van der Waals surface area contributed by atoms with Crippen molar-refractivity contribution in [2.24, 2.45) is 5.16 Å². The Morgan fingerprint density at radius 2 is 2.07 bits per heavy atom. The fraction of sp³-hybridized carbons (Fsp3) is 0.182. The third-order valence-electron chi connectivity index (χ3n) is 2.32. The van der Waals surface area contributed by atoms with Gasteiger partial charge >= 0.3 is 0 Å². The third kappa shape index (κ3) is 1.18. The van der Waals surface area contributed by atoms with Gasteiger partial charge in [-0.05, 0) is 19.9 Å². The summed E-state index contributed by atoms with van der Waals surface area (Å²) in [4.78, 5) is 0. The molecule has 0 unspecified atom stereocenters. The first kappa shape index (κ1) is 8.81. The largest absolute Gasteiger partial charge is 0.454 e. The van der Waals surface area contributed by atoms with Gasteiger partial charge in [0.1, 0.15) is 11.3 Å². The van der Waals surface area contributed by atoms with E-state index in [9.17, 15) is 0 Å². The van der Waals surface area contributed by atoms with Gasteiger partial charge < -0.3 is 9.62 Å². The highest BCUT2D eigenvalue weighted by Crippen LogP contribution is 2.25. The molecule has 1 aromatic carbocycles. The van der Waals surface area contributed by atoms with E-state index in [1.807, 2.05) is 31.2 Å². The lowest BCUT2D eigenvalue weighted by atomic mass is 10.1. The number of aryl methyl sites for hydroxylation is 1. The maximum Gasteiger partial charge on any atom is 0.155 e. The van der Waals surface area contributed by atoms with Crippen molar-refractivity contribution in [3.63, 3.8) is 0 Å². The van der Waals surface area contributed by atoms with Crippen LogP contribution in [0.15, 0.2) is 33.8 Å². The Morgan fingerprint density at radius 1 is 1.36 bits per heavy atom. The minimum absolute atomic E-state index is 0.499. The summed E-state index contributed by atoms with van der Waals surface area (Å²) in [5.41, 5.74) is 2.33. The van der Waals surface area contributed by atoms with Gasteiger partial charge in [0.2, 0.25) is 0 Å². The van der Waals surface area contributed by atoms with E-state index in [4.69, 9.17) is 9.62 Å². The number of furan rings is 1. The van der Waals surface area contributed by atoms with Crippen LogP contribution in [0.2, 0.25) is 0 Å². The normalized spacial score (nSPS) is 12.3. The number of oxime groups is 1. The van der Waals surface area contributed by atoms with Crippen LogP contribution in [0.1, 0.15) is 18.2 Å². The van der Waals surface area contributed by atoms with Crippen molar-refractivity contribution in [1.82, 2.24) is 0 Å². The molecule has 0 atom stereocenters. The Morgan fingerprint density at radius 3 is 2.71 bits per heavy atom. The number of hydrogen-bond acceptors (Lipinski definition) is 3. The number of nitrogens with zero attached hydrogens (tertiary/aromatic N) is 1. The Labute approximate surface area is 81.6 Å². The van der Waals surface area contributed by atoms with Gasteiger partial charge in [-0.25, -0.2) is 0 Å². The first-order chi connectivity index (χ1) is 6.74. The van der Waals surface area contributed by atoms with E-state index in [1.54, 1.807) is 6.92 Å². The van der Waals surface area contributed by atoms with E-state index in [1.165, 1.54) is 0 Å². The molecule has 1 aromatic heterocycles. The van der Waals surface area contributed by atoms with Gasteiger partial charge in [-0.15, -0.1) is 0 Å². The molecule has 0 aliphatic carbocycles. The lowest BCUT2D eigenvalue weighted by molar-refractivity contribution is 0.318. The van der Waals surface area contributed by atoms with Gasteiger partial charge in [0.25, 0.3) is 0 Å². The zero-order valence-corrected chi connectivity index (χ0v) is 8.11. The molecule has 0 fully saturated rings. The Kier molecular flexibility index (Phi) is 2.00. The highest BCUT2D eigenvalue weighted by molar-refractivity contribution is 6.01. The first-order valence-electron chi connectivity index (χ1n) is 4.41. The number of para-hydroxylation sites is 1. The van der Waals surface area contributed by atoms with Crippen LogP contribution in [-0.2, 0) is 0 Å². The highest BCUT2D eigenvalue weighted by atomic mass is 16.4. The molecule has 1 heterocycles. The number of rotatable bonds is 1. The van der Waals surface area contributed by atoms with Gasteiger partial charge in [0.05, 0.1) is 0 Å². The summed E-state index contributed by atoms with van der Waals surface area (Å²) in [6.07, 6.45) is 0. The van der Waals surface area contributed by atoms with Crippen molar-refractivity contribution in [1.29, 1.82) is 0 Å². The van der Waals surface area contributed by atoms with Crippen LogP contribution in [0.3, 0.4) is 0 Å². The van der Waals surface area contributed by atoms with Crippen molar-refractivity contribution >= 4 is 16.7 Å². The Hall–Kier alpha value is -1.77. The number of fused-ring (bicyclic) bond motifs is 1. The summed E-state index contributed by atoms with van der Waals surface area (Å²) in [6.45, 7) is 3.67. The summed E-state index contributed by atoms with van der Waals surface area (Å²) < 4.78 is 5.56. The molecule has 3 heteroatoms. The standard InChI is InChI=1S/C11H11NO2/c1-7-9-5-3-4-6-10(9)14-11(7)8(2)12-13/h3-6,13H,1-2H3. The summed E-state index contributed by atoms with van der Waals surface area (Å²) in [6, 6.07) is 7.76. The van der Waals surface area contributed by atoms with E-state index in [-0.39, 0.29) is 0 Å². The fourth-order valence-corrected chi connectivity index (χ4v) is 1.56. The van der Waals surface area contributed by atoms with Crippen molar-refractivity contribution in [3.8, 4) is 0 Å². The molecule has 72 valence electrons. The molecule has 0 aliphatic rings. The smallest absolute Gasteiger partial charge is 0.155 e. The Balaban J connectivity index is 2.75. The second kappa shape index (κ2) is 3.18. The molecule has 2 aromatic rings. The SMILES string of the molecule is CC(=NO)c1oc2ccccc2c1C. The zero-order chi connectivity index (χ0) is 10.1. The van der Waals surface area contributed by atoms with Crippen molar-refractivity contribution < 1.29 is 9.62 Å². The molecule has 14 heavy (non-hydrogen) atoms. The topological polar surface area (TPSA) is 45.7 Å². The fourth-order valence-electron chi connectivity index (χ4n) is 1.56. The summed E-state index contributed by atoms with van der Waals surface area (Å²) in [7, 11) is 0. The van der Waals surface area contributed by atoms with E-state index in [2.05, 4.69) is 5.16 Å². The van der Waals surface area contributed by atoms with Crippen LogP contribution in [0.4, 0.5) is 0 Å². The zero-order valence-electron chi connectivity index (χ0n) is 8.11. The quantitative estimate of drug-likeness (QED) is 0.426. The predicted molar refractivity (Wildman–Crippen MR) is 54.9 cm³/mol. The summed E-state index contributed by atoms with van der Waals surface area (Å²) in [5, 5.41) is 12.9. The van der Waals surface area contributed by atoms with Crippen LogP contribution in [-0.4, -0.2) is 10.9 Å². The van der Waals surface area contributed by atoms with Gasteiger partial charge in [-0.3, -0.25) is 0 Å². The molecule has 3 nitrogen and oxygen atoms in total. The maximum atomic E-state index is 8.67. The van der Waals surface area contributed by atoms with Crippen molar-refractivity contribution in [3.05, 3.63) is 35.6 Å². The Bertz CT molecular complexity index is 497. The van der Waals surface area contributed by atoms with Crippen LogP contribution >= 0.6 is 0 Å². The lowest BCUT2D eigenvalue weighted by Gasteiger charge is -1.92. The van der Waals surface area contributed by atoms with E-state index >= 15 is 0 Å². The predicted octanol–water partition coefficient (Wildman–Crippen LogP) is 2.94. The molecule has 0 aliphatic heterocycles. The molecule has 1 N–H and O–H groups in total. The molecule has 0 saturated carbocycles. The van der Waals surface area contributed by atoms with Crippen molar-refractivity contribution in [2.45, 2.75) is 13.8 Å². The maximum absolute atomic E-state index is 8.67. The molecular formula is C11H11NO2. The molecule has 0 bridgehead atoms. The van der Waals surface area contributed by atoms with Crippen LogP contribution in [0.25, 0.3) is 11.0 Å². The highest BCUT2D eigenvalue weighted by Gasteiger charge is 2.11. The third-order valence-corrected chi connectivity index (χ3v) is 2.32. The molecule has 2 rings (SSSR count). The lowest BCUT2D eigenvalue weighted by Crippen LogP contribution is -1.93. The van der Waals surface area contributed by atoms with Crippen LogP contribution < -0.4 is 0 Å². The average Bonchev–Trinajstić information content (AvgIpc) is 2.56. The minimum Gasteiger partial charge on any atom is -0.454 e. The number of hydrogen-bond donors (Lipinski definition) is 1. The van der Waals surface area contributed by atoms with Gasteiger partial charge in [0.15, 0.2) is 5.76 Å². The molecule has 0 radical (unpaired) electrons. The van der Waals surface area contributed by atoms with Crippen molar-refractivity contribution in [2.75, 3.05) is 0 Å². The van der Waals surface area contributed by atoms with Crippen LogP contribution in [0, 0.1) is 6.92 Å². The van der Waals surface area contributed by atoms with Gasteiger partial charge in [0, 0.05) is 10.9 Å². The number of benzene rings is 1. The first-order valence-corrected chi connectivity index (χ1v) is 4.41.